The second kappa shape index (κ2) is 17.1. The highest BCUT2D eigenvalue weighted by Gasteiger charge is 2.47. The molecule has 0 radical (unpaired) electrons. The van der Waals surface area contributed by atoms with Gasteiger partial charge >= 0.3 is 23.9 Å². The van der Waals surface area contributed by atoms with Crippen LogP contribution in [0.5, 0.6) is 5.75 Å². The number of aliphatic hydroxyl groups is 1. The number of carbonyl (C=O) groups is 6. The van der Waals surface area contributed by atoms with E-state index < -0.39 is 89.3 Å². The molecule has 3 unspecified atom stereocenters. The van der Waals surface area contributed by atoms with E-state index in [9.17, 15) is 39.0 Å². The number of aliphatic hydroxyl groups excluding tert-OH is 1. The van der Waals surface area contributed by atoms with E-state index in [1.165, 1.54) is 39.0 Å². The number of phenolic OH excluding ortho intramolecular Hbond substituents is 1. The summed E-state index contributed by atoms with van der Waals surface area (Å²) < 4.78 is 22.7. The number of hydrogen-bond acceptors (Lipinski definition) is 12. The van der Waals surface area contributed by atoms with Gasteiger partial charge in [0.05, 0.1) is 16.7 Å². The highest BCUT2D eigenvalue weighted by molar-refractivity contribution is 6.01. The van der Waals surface area contributed by atoms with Crippen LogP contribution in [0.4, 0.5) is 5.69 Å². The number of nitrogens with one attached hydrogen (secondary N) is 2. The largest absolute Gasteiger partial charge is 0.505 e. The van der Waals surface area contributed by atoms with E-state index >= 15 is 0 Å². The van der Waals surface area contributed by atoms with E-state index in [0.717, 1.165) is 0 Å². The van der Waals surface area contributed by atoms with Crippen molar-refractivity contribution in [2.24, 2.45) is 17.3 Å². The third-order valence-corrected chi connectivity index (χ3v) is 8.68. The molecule has 2 aromatic carbocycles. The van der Waals surface area contributed by atoms with Crippen molar-refractivity contribution in [2.75, 3.05) is 5.32 Å². The van der Waals surface area contributed by atoms with Crippen LogP contribution in [0, 0.1) is 17.3 Å². The molecule has 2 amide bonds. The van der Waals surface area contributed by atoms with Gasteiger partial charge in [-0.15, -0.1) is 0 Å². The van der Waals surface area contributed by atoms with Gasteiger partial charge in [0.25, 0.3) is 5.91 Å². The van der Waals surface area contributed by atoms with Crippen LogP contribution in [0.15, 0.2) is 48.5 Å². The summed E-state index contributed by atoms with van der Waals surface area (Å²) in [5, 5.41) is 26.9. The number of amides is 2. The van der Waals surface area contributed by atoms with Gasteiger partial charge in [0.2, 0.25) is 18.6 Å². The summed E-state index contributed by atoms with van der Waals surface area (Å²) >= 11 is 0. The van der Waals surface area contributed by atoms with Gasteiger partial charge in [-0.3, -0.25) is 14.4 Å². The zero-order chi connectivity index (χ0) is 37.3. The van der Waals surface area contributed by atoms with E-state index in [2.05, 4.69) is 10.6 Å². The lowest BCUT2D eigenvalue weighted by molar-refractivity contribution is -0.190. The first-order valence-corrected chi connectivity index (χ1v) is 16.4. The molecule has 0 saturated carbocycles. The van der Waals surface area contributed by atoms with Gasteiger partial charge in [0, 0.05) is 18.3 Å². The van der Waals surface area contributed by atoms with Crippen LogP contribution in [0.2, 0.25) is 0 Å². The van der Waals surface area contributed by atoms with Crippen LogP contribution in [0.1, 0.15) is 70.8 Å². The van der Waals surface area contributed by atoms with Gasteiger partial charge in [-0.2, -0.15) is 0 Å². The van der Waals surface area contributed by atoms with Crippen molar-refractivity contribution in [1.29, 1.82) is 0 Å². The van der Waals surface area contributed by atoms with Crippen LogP contribution in [-0.4, -0.2) is 83.0 Å². The summed E-state index contributed by atoms with van der Waals surface area (Å²) in [7, 11) is 0. The van der Waals surface area contributed by atoms with Crippen molar-refractivity contribution < 1.29 is 57.9 Å². The normalized spacial score (nSPS) is 25.5. The van der Waals surface area contributed by atoms with Gasteiger partial charge in [-0.25, -0.2) is 14.4 Å². The Labute approximate surface area is 290 Å². The topological polar surface area (TPSA) is 204 Å². The summed E-state index contributed by atoms with van der Waals surface area (Å²) in [6.07, 6.45) is -6.89. The SMILES string of the molecule is CC[C@H](C)C1OC(=O)C(C)(C)[C@H](O)[C@H](Cc2ccccc2)OC(=O)[C@H](C(C)C)OC(=O)C(NC(=O)c2cccc(NC=O)c2O)C(C)OC1=O. The summed E-state index contributed by atoms with van der Waals surface area (Å²) in [5.41, 5.74) is -1.48. The van der Waals surface area contributed by atoms with Crippen molar-refractivity contribution in [1.82, 2.24) is 5.32 Å². The average molecular weight is 699 g/mol. The molecule has 1 aliphatic rings. The van der Waals surface area contributed by atoms with E-state index in [4.69, 9.17) is 18.9 Å². The molecule has 1 heterocycles. The molecule has 4 N–H and O–H groups in total. The van der Waals surface area contributed by atoms with Crippen molar-refractivity contribution >= 4 is 41.9 Å². The number of rotatable bonds is 9. The van der Waals surface area contributed by atoms with Crippen LogP contribution in [0.25, 0.3) is 0 Å². The Kier molecular flexibility index (Phi) is 13.5. The molecule has 0 aliphatic carbocycles. The molecule has 7 atom stereocenters. The molecule has 0 aromatic heterocycles. The molecule has 50 heavy (non-hydrogen) atoms. The molecule has 1 fully saturated rings. The Bertz CT molecular complexity index is 1540. The maximum atomic E-state index is 13.8. The monoisotopic (exact) mass is 698 g/mol. The number of hydrogen-bond donors (Lipinski definition) is 4. The van der Waals surface area contributed by atoms with Crippen molar-refractivity contribution in [3.05, 3.63) is 59.7 Å². The third-order valence-electron chi connectivity index (χ3n) is 8.68. The number of cyclic esters (lactones) is 4. The Morgan fingerprint density at radius 2 is 1.54 bits per heavy atom. The molecule has 14 heteroatoms. The maximum absolute atomic E-state index is 13.8. The highest BCUT2D eigenvalue weighted by atomic mass is 16.6. The maximum Gasteiger partial charge on any atom is 0.348 e. The number of benzene rings is 2. The predicted molar refractivity (Wildman–Crippen MR) is 178 cm³/mol. The van der Waals surface area contributed by atoms with Gasteiger partial charge in [0.1, 0.15) is 18.3 Å². The summed E-state index contributed by atoms with van der Waals surface area (Å²) in [6.45, 7) is 10.6. The molecule has 3 rings (SSSR count). The molecule has 0 spiro atoms. The minimum Gasteiger partial charge on any atom is -0.505 e. The van der Waals surface area contributed by atoms with Gasteiger partial charge in [-0.05, 0) is 44.9 Å². The number of phenols is 1. The summed E-state index contributed by atoms with van der Waals surface area (Å²) in [6, 6.07) is 10.9. The molecule has 14 nitrogen and oxygen atoms in total. The summed E-state index contributed by atoms with van der Waals surface area (Å²) in [5.74, 6) is -7.13. The Hall–Kier alpha value is -4.98. The zero-order valence-electron chi connectivity index (χ0n) is 29.2. The van der Waals surface area contributed by atoms with Crippen LogP contribution < -0.4 is 10.6 Å². The molecule has 272 valence electrons. The van der Waals surface area contributed by atoms with Crippen LogP contribution in [0.3, 0.4) is 0 Å². The second-order valence-electron chi connectivity index (χ2n) is 13.2. The van der Waals surface area contributed by atoms with Crippen LogP contribution >= 0.6 is 0 Å². The number of ether oxygens (including phenoxy) is 4. The number of esters is 4. The number of anilines is 1. The van der Waals surface area contributed by atoms with Crippen molar-refractivity contribution in [3.8, 4) is 5.75 Å². The zero-order valence-corrected chi connectivity index (χ0v) is 29.2. The minimum atomic E-state index is -1.76. The first kappa shape index (κ1) is 39.5. The van der Waals surface area contributed by atoms with Gasteiger partial charge in [-0.1, -0.05) is 64.1 Å². The molecule has 1 saturated heterocycles. The van der Waals surface area contributed by atoms with Crippen LogP contribution in [-0.2, 0) is 49.3 Å². The Morgan fingerprint density at radius 3 is 2.14 bits per heavy atom. The Balaban J connectivity index is 2.12. The first-order chi connectivity index (χ1) is 23.5. The predicted octanol–water partition coefficient (Wildman–Crippen LogP) is 3.07. The lowest BCUT2D eigenvalue weighted by Crippen LogP contribution is -2.52. The smallest absolute Gasteiger partial charge is 0.348 e. The third kappa shape index (κ3) is 9.37. The molecular formula is C36H46N2O12. The number of carbonyl (C=O) groups excluding carboxylic acids is 6. The highest BCUT2D eigenvalue weighted by Crippen LogP contribution is 2.32. The number of aromatic hydroxyl groups is 1. The van der Waals surface area contributed by atoms with E-state index in [0.29, 0.717) is 18.4 Å². The van der Waals surface area contributed by atoms with Crippen molar-refractivity contribution in [3.63, 3.8) is 0 Å². The Morgan fingerprint density at radius 1 is 0.900 bits per heavy atom. The fourth-order valence-corrected chi connectivity index (χ4v) is 5.21. The van der Waals surface area contributed by atoms with E-state index in [-0.39, 0.29) is 17.7 Å². The lowest BCUT2D eigenvalue weighted by Gasteiger charge is -2.35. The first-order valence-electron chi connectivity index (χ1n) is 16.4. The average Bonchev–Trinajstić information content (AvgIpc) is 3.07. The summed E-state index contributed by atoms with van der Waals surface area (Å²) in [4.78, 5) is 79.3. The van der Waals surface area contributed by atoms with Gasteiger partial charge < -0.3 is 39.8 Å². The van der Waals surface area contributed by atoms with Crippen molar-refractivity contribution in [2.45, 2.75) is 97.9 Å². The molecule has 1 aliphatic heterocycles. The molecule has 0 bridgehead atoms. The molecule has 2 aromatic rings. The fraction of sp³-hybridized carbons (Fsp3) is 0.500. The fourth-order valence-electron chi connectivity index (χ4n) is 5.21. The molecular weight excluding hydrogens is 652 g/mol. The lowest BCUT2D eigenvalue weighted by atomic mass is 9.81. The second-order valence-corrected chi connectivity index (χ2v) is 13.2. The van der Waals surface area contributed by atoms with Gasteiger partial charge in [0.15, 0.2) is 11.8 Å². The standard InChI is InChI=1S/C36H46N2O12/c1-8-20(4)29-34(45)47-21(5)26(38-31(42)23-15-12-16-24(27(23)40)37-18-39)32(43)49-28(19(2)3)33(44)48-25(17-22-13-10-9-11-14-22)30(41)36(6,7)35(46)50-29/h9-16,18-21,25-26,28-30,40-41H,8,17H2,1-7H3,(H,37,39)(H,38,42)/t20-,21?,25-,26?,28-,29?,30+/m0/s1. The quantitative estimate of drug-likeness (QED) is 0.129. The van der Waals surface area contributed by atoms with E-state index in [1.807, 2.05) is 0 Å². The van der Waals surface area contributed by atoms with E-state index in [1.54, 1.807) is 58.0 Å². The minimum absolute atomic E-state index is 0.0305. The number of para-hydroxylation sites is 1.